The molecule has 29 heavy (non-hydrogen) atoms. The highest BCUT2D eigenvalue weighted by molar-refractivity contribution is 5.68. The van der Waals surface area contributed by atoms with Crippen molar-refractivity contribution in [3.8, 4) is 5.75 Å². The normalized spacial score (nSPS) is 14.1. The number of hydrogen-bond acceptors (Lipinski definition) is 7. The van der Waals surface area contributed by atoms with E-state index in [-0.39, 0.29) is 12.2 Å². The Hall–Kier alpha value is -3.03. The van der Waals surface area contributed by atoms with Crippen molar-refractivity contribution in [1.82, 2.24) is 14.9 Å². The quantitative estimate of drug-likeness (QED) is 0.795. The average molecular weight is 399 g/mol. The lowest BCUT2D eigenvalue weighted by atomic mass is 10.2. The first-order chi connectivity index (χ1) is 14.0. The fraction of sp³-hybridized carbons (Fsp3) is 0.476. The molecule has 1 aromatic carbocycles. The molecule has 2 aromatic rings. The number of amides is 1. The van der Waals surface area contributed by atoms with Crippen LogP contribution in [0.4, 0.5) is 22.2 Å². The predicted octanol–water partition coefficient (Wildman–Crippen LogP) is 3.59. The van der Waals surface area contributed by atoms with Gasteiger partial charge in [-0.05, 0) is 39.8 Å². The number of benzene rings is 1. The summed E-state index contributed by atoms with van der Waals surface area (Å²) in [5, 5.41) is 3.35. The van der Waals surface area contributed by atoms with Crippen LogP contribution in [0, 0.1) is 6.92 Å². The Labute approximate surface area is 171 Å². The molecule has 1 aliphatic rings. The van der Waals surface area contributed by atoms with E-state index < -0.39 is 0 Å². The van der Waals surface area contributed by atoms with E-state index in [9.17, 15) is 4.79 Å². The van der Waals surface area contributed by atoms with Crippen LogP contribution < -0.4 is 15.0 Å². The van der Waals surface area contributed by atoms with Crippen molar-refractivity contribution in [3.63, 3.8) is 0 Å². The molecule has 2 heterocycles. The molecule has 8 nitrogen and oxygen atoms in total. The van der Waals surface area contributed by atoms with E-state index in [0.29, 0.717) is 44.6 Å². The van der Waals surface area contributed by atoms with Gasteiger partial charge in [0.05, 0.1) is 18.4 Å². The van der Waals surface area contributed by atoms with Gasteiger partial charge in [-0.25, -0.2) is 9.78 Å². The monoisotopic (exact) mass is 399 g/mol. The average Bonchev–Trinajstić information content (AvgIpc) is 2.69. The molecule has 0 unspecified atom stereocenters. The molecule has 156 valence electrons. The maximum Gasteiger partial charge on any atom is 0.409 e. The molecular weight excluding hydrogens is 370 g/mol. The van der Waals surface area contributed by atoms with Crippen LogP contribution >= 0.6 is 0 Å². The van der Waals surface area contributed by atoms with Crippen LogP contribution in [-0.2, 0) is 4.74 Å². The lowest BCUT2D eigenvalue weighted by Crippen LogP contribution is -2.49. The maximum atomic E-state index is 11.9. The van der Waals surface area contributed by atoms with E-state index in [1.165, 1.54) is 0 Å². The number of nitrogens with one attached hydrogen (secondary N) is 1. The third-order valence-electron chi connectivity index (χ3n) is 4.44. The summed E-state index contributed by atoms with van der Waals surface area (Å²) in [6.07, 6.45) is -0.183. The molecule has 1 fully saturated rings. The van der Waals surface area contributed by atoms with Gasteiger partial charge in [0.15, 0.2) is 0 Å². The summed E-state index contributed by atoms with van der Waals surface area (Å²) in [5.74, 6) is 2.14. The minimum absolute atomic E-state index is 0.0799. The topological polar surface area (TPSA) is 79.8 Å². The van der Waals surface area contributed by atoms with E-state index in [0.717, 1.165) is 17.1 Å². The summed E-state index contributed by atoms with van der Waals surface area (Å²) < 4.78 is 11.0. The smallest absolute Gasteiger partial charge is 0.409 e. The maximum absolute atomic E-state index is 11.9. The second-order valence-corrected chi connectivity index (χ2v) is 7.16. The van der Waals surface area contributed by atoms with E-state index >= 15 is 0 Å². The number of aromatic nitrogens is 2. The third-order valence-corrected chi connectivity index (χ3v) is 4.44. The number of nitrogens with zero attached hydrogens (tertiary/aromatic N) is 4. The van der Waals surface area contributed by atoms with Crippen molar-refractivity contribution in [2.24, 2.45) is 0 Å². The van der Waals surface area contributed by atoms with Crippen LogP contribution in [0.1, 0.15) is 26.5 Å². The molecule has 1 aromatic heterocycles. The zero-order valence-corrected chi connectivity index (χ0v) is 17.5. The number of para-hydroxylation sites is 2. The first kappa shape index (κ1) is 20.7. The minimum atomic E-state index is -0.263. The van der Waals surface area contributed by atoms with Crippen LogP contribution in [0.25, 0.3) is 0 Å². The molecule has 1 N–H and O–H groups in total. The van der Waals surface area contributed by atoms with Gasteiger partial charge >= 0.3 is 6.09 Å². The van der Waals surface area contributed by atoms with Gasteiger partial charge in [0, 0.05) is 37.9 Å². The summed E-state index contributed by atoms with van der Waals surface area (Å²) in [7, 11) is 0. The van der Waals surface area contributed by atoms with Crippen LogP contribution in [0.2, 0.25) is 0 Å². The highest BCUT2D eigenvalue weighted by atomic mass is 16.6. The van der Waals surface area contributed by atoms with Gasteiger partial charge in [0.2, 0.25) is 5.95 Å². The van der Waals surface area contributed by atoms with Crippen LogP contribution in [0.5, 0.6) is 5.75 Å². The van der Waals surface area contributed by atoms with Crippen LogP contribution in [0.3, 0.4) is 0 Å². The summed E-state index contributed by atoms with van der Waals surface area (Å²) >= 11 is 0. The Kier molecular flexibility index (Phi) is 6.74. The number of aryl methyl sites for hydroxylation is 1. The number of ether oxygens (including phenoxy) is 2. The molecule has 1 amide bonds. The summed E-state index contributed by atoms with van der Waals surface area (Å²) in [6.45, 7) is 10.6. The van der Waals surface area contributed by atoms with Crippen molar-refractivity contribution >= 4 is 23.5 Å². The van der Waals surface area contributed by atoms with Crippen molar-refractivity contribution in [3.05, 3.63) is 36.0 Å². The summed E-state index contributed by atoms with van der Waals surface area (Å²) in [6, 6.07) is 9.71. The summed E-state index contributed by atoms with van der Waals surface area (Å²) in [5.41, 5.74) is 1.73. The number of carbonyl (C=O) groups excluding carboxylic acids is 1. The molecule has 0 radical (unpaired) electrons. The number of rotatable bonds is 6. The van der Waals surface area contributed by atoms with Gasteiger partial charge in [-0.2, -0.15) is 4.98 Å². The fourth-order valence-corrected chi connectivity index (χ4v) is 3.13. The van der Waals surface area contributed by atoms with Gasteiger partial charge in [-0.3, -0.25) is 0 Å². The van der Waals surface area contributed by atoms with Crippen molar-refractivity contribution in [2.45, 2.75) is 33.8 Å². The van der Waals surface area contributed by atoms with Crippen molar-refractivity contribution in [2.75, 3.05) is 43.0 Å². The van der Waals surface area contributed by atoms with Crippen molar-refractivity contribution < 1.29 is 14.3 Å². The zero-order chi connectivity index (χ0) is 20.8. The Bertz CT molecular complexity index is 835. The number of hydrogen-bond donors (Lipinski definition) is 1. The first-order valence-corrected chi connectivity index (χ1v) is 10.0. The Morgan fingerprint density at radius 2 is 1.90 bits per heavy atom. The molecule has 0 atom stereocenters. The van der Waals surface area contributed by atoms with E-state index in [4.69, 9.17) is 14.5 Å². The molecule has 0 spiro atoms. The van der Waals surface area contributed by atoms with Gasteiger partial charge in [0.25, 0.3) is 0 Å². The first-order valence-electron chi connectivity index (χ1n) is 10.0. The lowest BCUT2D eigenvalue weighted by molar-refractivity contribution is 0.105. The minimum Gasteiger partial charge on any atom is -0.489 e. The number of piperazine rings is 1. The van der Waals surface area contributed by atoms with Crippen LogP contribution in [-0.4, -0.2) is 59.9 Å². The second kappa shape index (κ2) is 9.45. The van der Waals surface area contributed by atoms with Gasteiger partial charge in [-0.1, -0.05) is 12.1 Å². The molecule has 8 heteroatoms. The molecule has 0 saturated carbocycles. The van der Waals surface area contributed by atoms with Gasteiger partial charge < -0.3 is 24.6 Å². The molecular formula is C21H29N5O3. The second-order valence-electron chi connectivity index (χ2n) is 7.16. The Morgan fingerprint density at radius 1 is 1.17 bits per heavy atom. The lowest BCUT2D eigenvalue weighted by Gasteiger charge is -2.34. The Balaban J connectivity index is 1.72. The van der Waals surface area contributed by atoms with Gasteiger partial charge in [0.1, 0.15) is 11.6 Å². The third kappa shape index (κ3) is 5.49. The highest BCUT2D eigenvalue weighted by Gasteiger charge is 2.23. The number of carbonyl (C=O) groups is 1. The molecule has 0 aliphatic carbocycles. The molecule has 0 bridgehead atoms. The van der Waals surface area contributed by atoms with Crippen LogP contribution in [0.15, 0.2) is 30.3 Å². The van der Waals surface area contributed by atoms with E-state index in [1.54, 1.807) is 4.90 Å². The van der Waals surface area contributed by atoms with E-state index in [2.05, 4.69) is 15.2 Å². The molecule has 1 saturated heterocycles. The SMILES string of the molecule is CCOC(=O)N1CCN(c2nc(C)cc(Nc3ccccc3OC(C)C)n2)CC1. The highest BCUT2D eigenvalue weighted by Crippen LogP contribution is 2.28. The van der Waals surface area contributed by atoms with Crippen molar-refractivity contribution in [1.29, 1.82) is 0 Å². The summed E-state index contributed by atoms with van der Waals surface area (Å²) in [4.78, 5) is 25.0. The standard InChI is InChI=1S/C21H29N5O3/c1-5-28-21(27)26-12-10-25(11-13-26)20-22-16(4)14-19(24-20)23-17-8-6-7-9-18(17)29-15(2)3/h6-9,14-15H,5,10-13H2,1-4H3,(H,22,23,24). The number of anilines is 3. The van der Waals surface area contributed by atoms with E-state index in [1.807, 2.05) is 58.0 Å². The fourth-order valence-electron chi connectivity index (χ4n) is 3.13. The largest absolute Gasteiger partial charge is 0.489 e. The Morgan fingerprint density at radius 3 is 2.59 bits per heavy atom. The molecule has 1 aliphatic heterocycles. The zero-order valence-electron chi connectivity index (χ0n) is 17.5. The molecule has 3 rings (SSSR count). The predicted molar refractivity (Wildman–Crippen MR) is 113 cm³/mol. The van der Waals surface area contributed by atoms with Gasteiger partial charge in [-0.15, -0.1) is 0 Å².